The van der Waals surface area contributed by atoms with E-state index in [1.807, 2.05) is 13.8 Å². The van der Waals surface area contributed by atoms with Gasteiger partial charge in [0.05, 0.1) is 6.20 Å². The molecule has 0 amide bonds. The molecule has 0 aliphatic carbocycles. The van der Waals surface area contributed by atoms with Gasteiger partial charge in [0.1, 0.15) is 0 Å². The fourth-order valence-electron chi connectivity index (χ4n) is 1.04. The first-order valence-corrected chi connectivity index (χ1v) is 5.91. The van der Waals surface area contributed by atoms with E-state index in [-0.39, 0.29) is 11.1 Å². The zero-order valence-corrected chi connectivity index (χ0v) is 9.37. The minimum atomic E-state index is -3.39. The Kier molecular flexibility index (Phi) is 3.28. The molecule has 0 aliphatic heterocycles. The van der Waals surface area contributed by atoms with Crippen LogP contribution in [-0.2, 0) is 10.0 Å². The molecule has 0 bridgehead atoms. The van der Waals surface area contributed by atoms with Crippen LogP contribution in [-0.4, -0.2) is 36.0 Å². The van der Waals surface area contributed by atoms with Gasteiger partial charge in [0.25, 0.3) is 10.0 Å². The topological polar surface area (TPSA) is 66.1 Å². The van der Waals surface area contributed by atoms with Crippen molar-refractivity contribution in [2.24, 2.45) is 0 Å². The Balaban J connectivity index is 2.97. The van der Waals surface area contributed by atoms with Crippen LogP contribution in [0.4, 0.5) is 0 Å². The molecule has 1 aromatic heterocycles. The van der Waals surface area contributed by atoms with E-state index in [0.29, 0.717) is 0 Å². The van der Waals surface area contributed by atoms with E-state index in [9.17, 15) is 8.42 Å². The molecule has 5 nitrogen and oxygen atoms in total. The van der Waals surface area contributed by atoms with E-state index in [4.69, 9.17) is 0 Å². The zero-order chi connectivity index (χ0) is 10.8. The molecular formula is C8H15N3O2S. The molecule has 80 valence electrons. The smallest absolute Gasteiger partial charge is 0.259 e. The third kappa shape index (κ3) is 1.96. The van der Waals surface area contributed by atoms with Gasteiger partial charge in [-0.2, -0.15) is 9.40 Å². The van der Waals surface area contributed by atoms with Crippen LogP contribution < -0.4 is 0 Å². The first-order chi connectivity index (χ1) is 6.50. The summed E-state index contributed by atoms with van der Waals surface area (Å²) in [5, 5.41) is 6.22. The monoisotopic (exact) mass is 217 g/mol. The molecule has 0 aliphatic rings. The second kappa shape index (κ2) is 4.10. The lowest BCUT2D eigenvalue weighted by atomic mass is 10.3. The van der Waals surface area contributed by atoms with E-state index in [1.54, 1.807) is 7.05 Å². The van der Waals surface area contributed by atoms with Crippen molar-refractivity contribution in [3.63, 3.8) is 0 Å². The summed E-state index contributed by atoms with van der Waals surface area (Å²) in [4.78, 5) is 0. The largest absolute Gasteiger partial charge is 0.266 e. The predicted octanol–water partition coefficient (Wildman–Crippen LogP) is 0.829. The maximum Gasteiger partial charge on any atom is 0.259 e. The molecule has 0 saturated carbocycles. The summed E-state index contributed by atoms with van der Waals surface area (Å²) in [6.45, 7) is 3.82. The van der Waals surface area contributed by atoms with Crippen LogP contribution in [0.25, 0.3) is 0 Å². The van der Waals surface area contributed by atoms with Gasteiger partial charge in [-0.3, -0.25) is 5.10 Å². The summed E-state index contributed by atoms with van der Waals surface area (Å²) in [6, 6.07) is 1.44. The highest BCUT2D eigenvalue weighted by Gasteiger charge is 2.25. The van der Waals surface area contributed by atoms with E-state index in [2.05, 4.69) is 10.2 Å². The second-order valence-corrected chi connectivity index (χ2v) is 5.17. The highest BCUT2D eigenvalue weighted by molar-refractivity contribution is 7.89. The van der Waals surface area contributed by atoms with Crippen LogP contribution >= 0.6 is 0 Å². The fourth-order valence-corrected chi connectivity index (χ4v) is 2.37. The normalized spacial score (nSPS) is 14.6. The van der Waals surface area contributed by atoms with Crippen molar-refractivity contribution in [3.05, 3.63) is 12.3 Å². The highest BCUT2D eigenvalue weighted by atomic mass is 32.2. The third-order valence-electron chi connectivity index (χ3n) is 2.34. The van der Waals surface area contributed by atoms with Crippen molar-refractivity contribution in [1.82, 2.24) is 14.5 Å². The molecule has 0 spiro atoms. The van der Waals surface area contributed by atoms with Crippen LogP contribution in [0, 0.1) is 0 Å². The lowest BCUT2D eigenvalue weighted by Gasteiger charge is -2.21. The van der Waals surface area contributed by atoms with Crippen molar-refractivity contribution >= 4 is 10.0 Å². The number of nitrogens with zero attached hydrogens (tertiary/aromatic N) is 2. The molecule has 1 unspecified atom stereocenters. The van der Waals surface area contributed by atoms with Crippen molar-refractivity contribution in [2.75, 3.05) is 7.05 Å². The summed E-state index contributed by atoms with van der Waals surface area (Å²) >= 11 is 0. The summed E-state index contributed by atoms with van der Waals surface area (Å²) in [7, 11) is -1.82. The molecule has 1 atom stereocenters. The standard InChI is InChI=1S/C8H15N3O2S/c1-4-7(2)11(3)14(12,13)8-5-6-9-10-8/h5-7H,4H2,1-3H3,(H,9,10). The van der Waals surface area contributed by atoms with Gasteiger partial charge in [0.2, 0.25) is 0 Å². The molecule has 1 N–H and O–H groups in total. The van der Waals surface area contributed by atoms with Gasteiger partial charge in [0, 0.05) is 13.1 Å². The lowest BCUT2D eigenvalue weighted by molar-refractivity contribution is 0.379. The van der Waals surface area contributed by atoms with Crippen molar-refractivity contribution in [3.8, 4) is 0 Å². The number of hydrogen-bond donors (Lipinski definition) is 1. The molecule has 6 heteroatoms. The van der Waals surface area contributed by atoms with Gasteiger partial charge in [-0.1, -0.05) is 6.92 Å². The van der Waals surface area contributed by atoms with Gasteiger partial charge < -0.3 is 0 Å². The van der Waals surface area contributed by atoms with Crippen LogP contribution in [0.15, 0.2) is 17.3 Å². The van der Waals surface area contributed by atoms with Crippen LogP contribution in [0.2, 0.25) is 0 Å². The lowest BCUT2D eigenvalue weighted by Crippen LogP contribution is -2.34. The maximum atomic E-state index is 11.8. The SMILES string of the molecule is CCC(C)N(C)S(=O)(=O)c1ccn[nH]1. The second-order valence-electron chi connectivity index (χ2n) is 3.20. The average molecular weight is 217 g/mol. The molecule has 1 rings (SSSR count). The molecule has 14 heavy (non-hydrogen) atoms. The zero-order valence-electron chi connectivity index (χ0n) is 8.56. The number of aromatic nitrogens is 2. The van der Waals surface area contributed by atoms with E-state index in [1.165, 1.54) is 16.6 Å². The number of rotatable bonds is 4. The third-order valence-corrected chi connectivity index (χ3v) is 4.25. The molecule has 0 fully saturated rings. The van der Waals surface area contributed by atoms with E-state index in [0.717, 1.165) is 6.42 Å². The van der Waals surface area contributed by atoms with Gasteiger partial charge in [-0.15, -0.1) is 0 Å². The van der Waals surface area contributed by atoms with Crippen LogP contribution in [0.5, 0.6) is 0 Å². The number of nitrogens with one attached hydrogen (secondary N) is 1. The molecule has 0 saturated heterocycles. The number of aromatic amines is 1. The van der Waals surface area contributed by atoms with Gasteiger partial charge >= 0.3 is 0 Å². The molecular weight excluding hydrogens is 202 g/mol. The quantitative estimate of drug-likeness (QED) is 0.812. The minimum Gasteiger partial charge on any atom is -0.266 e. The van der Waals surface area contributed by atoms with E-state index >= 15 is 0 Å². The number of H-pyrrole nitrogens is 1. The maximum absolute atomic E-state index is 11.8. The number of hydrogen-bond acceptors (Lipinski definition) is 3. The average Bonchev–Trinajstić information content (AvgIpc) is 2.68. The summed E-state index contributed by atoms with van der Waals surface area (Å²) in [5.41, 5.74) is 0. The van der Waals surface area contributed by atoms with Crippen LogP contribution in [0.3, 0.4) is 0 Å². The van der Waals surface area contributed by atoms with Crippen LogP contribution in [0.1, 0.15) is 20.3 Å². The van der Waals surface area contributed by atoms with Crippen molar-refractivity contribution in [2.45, 2.75) is 31.3 Å². The Morgan fingerprint density at radius 3 is 2.71 bits per heavy atom. The number of sulfonamides is 1. The first-order valence-electron chi connectivity index (χ1n) is 4.47. The summed E-state index contributed by atoms with van der Waals surface area (Å²) in [5.74, 6) is 0. The molecule has 0 aromatic carbocycles. The Labute approximate surface area is 84.2 Å². The minimum absolute atomic E-state index is 0.0108. The van der Waals surface area contributed by atoms with E-state index < -0.39 is 10.0 Å². The van der Waals surface area contributed by atoms with Crippen molar-refractivity contribution < 1.29 is 8.42 Å². The van der Waals surface area contributed by atoms with Crippen molar-refractivity contribution in [1.29, 1.82) is 0 Å². The molecule has 1 heterocycles. The van der Waals surface area contributed by atoms with Gasteiger partial charge in [-0.25, -0.2) is 8.42 Å². The molecule has 0 radical (unpaired) electrons. The highest BCUT2D eigenvalue weighted by Crippen LogP contribution is 2.14. The Hall–Kier alpha value is -0.880. The van der Waals surface area contributed by atoms with Gasteiger partial charge in [0.15, 0.2) is 5.03 Å². The summed E-state index contributed by atoms with van der Waals surface area (Å²) < 4.78 is 25.0. The summed E-state index contributed by atoms with van der Waals surface area (Å²) in [6.07, 6.45) is 2.21. The predicted molar refractivity (Wildman–Crippen MR) is 53.3 cm³/mol. The van der Waals surface area contributed by atoms with Gasteiger partial charge in [-0.05, 0) is 19.4 Å². The fraction of sp³-hybridized carbons (Fsp3) is 0.625. The Bertz CT molecular complexity index is 371. The molecule has 1 aromatic rings. The Morgan fingerprint density at radius 2 is 2.29 bits per heavy atom. The first kappa shape index (κ1) is 11.2. The Morgan fingerprint density at radius 1 is 1.64 bits per heavy atom.